The van der Waals surface area contributed by atoms with Crippen molar-refractivity contribution >= 4 is 25.7 Å². The Morgan fingerprint density at radius 2 is 0.700 bits per heavy atom. The number of hydrogen-bond donors (Lipinski definition) is 11. The van der Waals surface area contributed by atoms with Crippen molar-refractivity contribution in [3.8, 4) is 0 Å². The Morgan fingerprint density at radius 3 is 1.10 bits per heavy atom. The summed E-state index contributed by atoms with van der Waals surface area (Å²) in [5, 5.41) is 110. The fraction of sp³-hybridized carbons (Fsp3) is 0.907. The first-order chi connectivity index (χ1) is 48.3. The molecule has 100 heavy (non-hydrogen) atoms. The zero-order valence-electron chi connectivity index (χ0n) is 61.2. The molecule has 18 unspecified atom stereocenters. The van der Waals surface area contributed by atoms with Crippen LogP contribution in [0.15, 0.2) is 24.3 Å². The van der Waals surface area contributed by atoms with Gasteiger partial charge in [0.2, 0.25) is 0 Å². The maximum atomic E-state index is 14.4. The number of carbonyl (C=O) groups excluding carboxylic acids is 3. The summed E-state index contributed by atoms with van der Waals surface area (Å²) in [7, 11) is -5.70. The zero-order valence-corrected chi connectivity index (χ0v) is 62.1. The standard InChI is InChI=1S/C75H137O24P/c1-4-7-10-13-16-19-22-25-27-28-30-33-36-39-42-45-48-51-61(79)94-56(53-91-59(77)49-46-43-40-37-35-32-29-26-23-20-17-14-11-8-5-2)54-93-100(89,90)99-73-71(97-74-69(87)64(82)62(80)57(52-76)95-74)67(85)66(84)68(86)72(73)98-75-70(88)65(83)63(81)58(96-75)55-92-60(78)50-47-44-41-38-34-31-24-21-18-15-12-9-6-3/h20,23,31,34,56-58,62-76,80-88H,4-19,21-22,24-30,32-33,35-55H2,1-3H3,(H,89,90)/b23-20-,34-31-. The number of unbranched alkanes of at least 4 members (excludes halogenated alkanes) is 36. The highest BCUT2D eigenvalue weighted by Crippen LogP contribution is 2.49. The SMILES string of the molecule is CCCCCC/C=C\CCCCCCCCCC(=O)OCC(COP(=O)(O)OC1C(OC2OC(CO)C(O)C(O)C2O)C(O)C(O)C(O)C1OC1OC(COC(=O)CCCCC/C=C\CCCCCCCC)C(O)C(O)C1O)OC(=O)CCCCCCCCCCCCCCCCCCC. The molecule has 0 spiro atoms. The summed E-state index contributed by atoms with van der Waals surface area (Å²) in [5.41, 5.74) is 0. The molecule has 1 saturated carbocycles. The van der Waals surface area contributed by atoms with Gasteiger partial charge in [0.15, 0.2) is 18.7 Å². The summed E-state index contributed by atoms with van der Waals surface area (Å²) in [6.45, 7) is 3.43. The maximum absolute atomic E-state index is 14.4. The van der Waals surface area contributed by atoms with Crippen LogP contribution in [-0.2, 0) is 61.2 Å². The maximum Gasteiger partial charge on any atom is 0.472 e. The number of phosphoric acid groups is 1. The van der Waals surface area contributed by atoms with E-state index >= 15 is 0 Å². The lowest BCUT2D eigenvalue weighted by Crippen LogP contribution is -2.69. The zero-order chi connectivity index (χ0) is 73.2. The second-order valence-electron chi connectivity index (χ2n) is 28.1. The van der Waals surface area contributed by atoms with E-state index in [4.69, 9.17) is 42.2 Å². The molecule has 2 heterocycles. The molecule has 2 saturated heterocycles. The van der Waals surface area contributed by atoms with E-state index in [1.54, 1.807) is 0 Å². The van der Waals surface area contributed by atoms with Crippen LogP contribution in [0.25, 0.3) is 0 Å². The summed E-state index contributed by atoms with van der Waals surface area (Å²) in [5.74, 6) is -2.00. The molecule has 11 N–H and O–H groups in total. The molecule has 0 aromatic heterocycles. The second-order valence-corrected chi connectivity index (χ2v) is 29.5. The summed E-state index contributed by atoms with van der Waals surface area (Å²) >= 11 is 0. The Labute approximate surface area is 598 Å². The van der Waals surface area contributed by atoms with Gasteiger partial charge in [-0.1, -0.05) is 238 Å². The van der Waals surface area contributed by atoms with Crippen LogP contribution < -0.4 is 0 Å². The van der Waals surface area contributed by atoms with Gasteiger partial charge in [-0.2, -0.15) is 0 Å². The van der Waals surface area contributed by atoms with Gasteiger partial charge in [-0.05, 0) is 70.6 Å². The molecule has 0 aromatic rings. The molecule has 3 aliphatic rings. The van der Waals surface area contributed by atoms with Crippen LogP contribution in [0, 0.1) is 0 Å². The smallest absolute Gasteiger partial charge is 0.463 e. The lowest BCUT2D eigenvalue weighted by Gasteiger charge is -2.49. The molecule has 3 fully saturated rings. The number of phosphoric ester groups is 1. The van der Waals surface area contributed by atoms with E-state index in [0.29, 0.717) is 19.3 Å². The molecule has 0 bridgehead atoms. The molecule has 18 atom stereocenters. The minimum atomic E-state index is -5.70. The fourth-order valence-corrected chi connectivity index (χ4v) is 13.8. The van der Waals surface area contributed by atoms with E-state index in [9.17, 15) is 74.9 Å². The van der Waals surface area contributed by atoms with E-state index in [1.807, 2.05) is 0 Å². The normalized spacial score (nSPS) is 27.4. The van der Waals surface area contributed by atoms with Crippen molar-refractivity contribution in [1.82, 2.24) is 0 Å². The van der Waals surface area contributed by atoms with Crippen LogP contribution >= 0.6 is 7.82 Å². The van der Waals surface area contributed by atoms with Crippen molar-refractivity contribution in [2.45, 2.75) is 407 Å². The van der Waals surface area contributed by atoms with Crippen molar-refractivity contribution in [3.63, 3.8) is 0 Å². The molecule has 24 nitrogen and oxygen atoms in total. The predicted octanol–water partition coefficient (Wildman–Crippen LogP) is 11.3. The summed E-state index contributed by atoms with van der Waals surface area (Å²) in [4.78, 5) is 51.1. The Bertz CT molecular complexity index is 2160. The average molecular weight is 1450 g/mol. The number of aliphatic hydroxyl groups excluding tert-OH is 10. The third kappa shape index (κ3) is 39.2. The van der Waals surface area contributed by atoms with Crippen LogP contribution in [0.2, 0.25) is 0 Å². The highest BCUT2D eigenvalue weighted by atomic mass is 31.2. The first-order valence-corrected chi connectivity index (χ1v) is 40.6. The van der Waals surface area contributed by atoms with E-state index in [2.05, 4.69) is 45.1 Å². The van der Waals surface area contributed by atoms with Crippen molar-refractivity contribution in [3.05, 3.63) is 24.3 Å². The topological polar surface area (TPSA) is 374 Å². The van der Waals surface area contributed by atoms with Crippen molar-refractivity contribution in [2.24, 2.45) is 0 Å². The van der Waals surface area contributed by atoms with Crippen LogP contribution in [0.1, 0.15) is 303 Å². The largest absolute Gasteiger partial charge is 0.472 e. The second kappa shape index (κ2) is 56.7. The molecule has 2 aliphatic heterocycles. The van der Waals surface area contributed by atoms with E-state index in [1.165, 1.54) is 128 Å². The van der Waals surface area contributed by atoms with Crippen LogP contribution in [0.3, 0.4) is 0 Å². The third-order valence-electron chi connectivity index (χ3n) is 19.2. The highest BCUT2D eigenvalue weighted by Gasteiger charge is 2.58. The van der Waals surface area contributed by atoms with Crippen LogP contribution in [0.5, 0.6) is 0 Å². The number of aliphatic hydroxyl groups is 10. The Hall–Kier alpha value is -2.56. The van der Waals surface area contributed by atoms with Gasteiger partial charge in [-0.15, -0.1) is 0 Å². The highest BCUT2D eigenvalue weighted by molar-refractivity contribution is 7.47. The molecule has 0 amide bonds. The quantitative estimate of drug-likeness (QED) is 0.00886. The molecule has 0 aromatic carbocycles. The van der Waals surface area contributed by atoms with Gasteiger partial charge in [0, 0.05) is 19.3 Å². The number of ether oxygens (including phenoxy) is 7. The van der Waals surface area contributed by atoms with Crippen molar-refractivity contribution in [2.75, 3.05) is 26.4 Å². The Balaban J connectivity index is 1.72. The van der Waals surface area contributed by atoms with Gasteiger partial charge in [0.25, 0.3) is 0 Å². The fourth-order valence-electron chi connectivity index (χ4n) is 12.8. The molecule has 586 valence electrons. The first-order valence-electron chi connectivity index (χ1n) is 39.1. The van der Waals surface area contributed by atoms with Gasteiger partial charge in [-0.25, -0.2) is 4.57 Å². The number of hydrogen-bond acceptors (Lipinski definition) is 23. The average Bonchev–Trinajstić information content (AvgIpc) is 0.762. The minimum Gasteiger partial charge on any atom is -0.463 e. The van der Waals surface area contributed by atoms with Gasteiger partial charge >= 0.3 is 25.7 Å². The van der Waals surface area contributed by atoms with E-state index < -0.39 is 156 Å². The monoisotopic (exact) mass is 1450 g/mol. The lowest BCUT2D eigenvalue weighted by atomic mass is 9.84. The minimum absolute atomic E-state index is 0.00824. The summed E-state index contributed by atoms with van der Waals surface area (Å²) in [6.07, 6.45) is 18.0. The number of carbonyl (C=O) groups is 3. The number of allylic oxidation sites excluding steroid dienone is 4. The van der Waals surface area contributed by atoms with Gasteiger partial charge < -0.3 is 89.1 Å². The number of esters is 3. The molecule has 0 radical (unpaired) electrons. The molecule has 25 heteroatoms. The predicted molar refractivity (Wildman–Crippen MR) is 379 cm³/mol. The lowest BCUT2D eigenvalue weighted by molar-refractivity contribution is -0.360. The first kappa shape index (κ1) is 91.6. The molecule has 3 rings (SSSR count). The summed E-state index contributed by atoms with van der Waals surface area (Å²) in [6, 6.07) is 0. The Morgan fingerprint density at radius 1 is 0.380 bits per heavy atom. The molecular weight excluding hydrogens is 1320 g/mol. The van der Waals surface area contributed by atoms with Gasteiger partial charge in [0.1, 0.15) is 98.7 Å². The van der Waals surface area contributed by atoms with Crippen LogP contribution in [-0.4, -0.2) is 204 Å². The van der Waals surface area contributed by atoms with E-state index in [0.717, 1.165) is 116 Å². The van der Waals surface area contributed by atoms with Gasteiger partial charge in [-0.3, -0.25) is 23.4 Å². The van der Waals surface area contributed by atoms with Crippen LogP contribution in [0.4, 0.5) is 0 Å². The van der Waals surface area contributed by atoms with Crippen molar-refractivity contribution < 1.29 is 117 Å². The third-order valence-corrected chi connectivity index (χ3v) is 20.2. The molecular formula is C75H137O24P. The van der Waals surface area contributed by atoms with Gasteiger partial charge in [0.05, 0.1) is 13.2 Å². The Kier molecular flexibility index (Phi) is 52.0. The van der Waals surface area contributed by atoms with Crippen molar-refractivity contribution in [1.29, 1.82) is 0 Å². The molecule has 1 aliphatic carbocycles. The summed E-state index contributed by atoms with van der Waals surface area (Å²) < 4.78 is 65.1. The van der Waals surface area contributed by atoms with E-state index in [-0.39, 0.29) is 19.3 Å². The number of rotatable bonds is 61.